The van der Waals surface area contributed by atoms with E-state index in [4.69, 9.17) is 15.9 Å². The van der Waals surface area contributed by atoms with Gasteiger partial charge in [-0.05, 0) is 6.54 Å². The number of nitrogens with two attached hydrogens (primary N) is 1. The van der Waals surface area contributed by atoms with Crippen LogP contribution in [0.1, 0.15) is 5.69 Å². The Balaban J connectivity index is 2.71. The van der Waals surface area contributed by atoms with E-state index in [9.17, 15) is 9.67 Å². The largest absolute Gasteiger partial charge is 0.698 e. The molecule has 0 fully saturated rings. The topological polar surface area (TPSA) is 149 Å². The van der Waals surface area contributed by atoms with Gasteiger partial charge in [-0.25, -0.2) is 10.2 Å². The minimum atomic E-state index is -3.07. The molecule has 3 unspecified atom stereocenters. The summed E-state index contributed by atoms with van der Waals surface area (Å²) in [6.07, 6.45) is 3.54. The second-order valence-electron chi connectivity index (χ2n) is 3.45. The maximum Gasteiger partial charge on any atom is 0.698 e. The van der Waals surface area contributed by atoms with Gasteiger partial charge in [0.15, 0.2) is 0 Å². The molecule has 1 heterocycles. The zero-order chi connectivity index (χ0) is 14.3. The van der Waals surface area contributed by atoms with E-state index in [2.05, 4.69) is 19.2 Å². The standard InChI is InChI=1S/C7H13N3O7P2/c8-2-1-6-3-10(5-9-6)4-7(11,15-19(13)14)18-17-16-12/h3,5,11,18H,1-2,4,8H2,(H-,12,13,14)/p+1. The number of hydrogen-bond donors (Lipinski definition) is 4. The van der Waals surface area contributed by atoms with Gasteiger partial charge < -0.3 is 15.4 Å². The third-order valence-electron chi connectivity index (χ3n) is 1.95. The summed E-state index contributed by atoms with van der Waals surface area (Å²) in [5, 5.41) is 21.4. The summed E-state index contributed by atoms with van der Waals surface area (Å²) in [5.74, 6) is 0. The van der Waals surface area contributed by atoms with Crippen LogP contribution in [0.4, 0.5) is 0 Å². The highest BCUT2D eigenvalue weighted by Gasteiger charge is 2.40. The minimum Gasteiger partial charge on any atom is -0.356 e. The monoisotopic (exact) mass is 314 g/mol. The van der Waals surface area contributed by atoms with Gasteiger partial charge in [-0.1, -0.05) is 9.56 Å². The summed E-state index contributed by atoms with van der Waals surface area (Å²) in [6, 6.07) is 0. The lowest BCUT2D eigenvalue weighted by Gasteiger charge is -2.19. The van der Waals surface area contributed by atoms with Gasteiger partial charge in [0.25, 0.3) is 5.53 Å². The summed E-state index contributed by atoms with van der Waals surface area (Å²) in [4.78, 5) is 12.7. The van der Waals surface area contributed by atoms with Gasteiger partial charge >= 0.3 is 8.25 Å². The van der Waals surface area contributed by atoms with Crippen molar-refractivity contribution in [3.05, 3.63) is 18.2 Å². The van der Waals surface area contributed by atoms with E-state index < -0.39 is 22.6 Å². The van der Waals surface area contributed by atoms with Gasteiger partial charge in [-0.2, -0.15) is 4.67 Å². The smallest absolute Gasteiger partial charge is 0.356 e. The number of aromatic nitrogens is 2. The second-order valence-corrected chi connectivity index (χ2v) is 5.26. The first-order chi connectivity index (χ1) is 8.99. The Morgan fingerprint density at radius 1 is 1.63 bits per heavy atom. The van der Waals surface area contributed by atoms with Gasteiger partial charge in [0.1, 0.15) is 8.81 Å². The summed E-state index contributed by atoms with van der Waals surface area (Å²) >= 11 is 0. The molecule has 3 atom stereocenters. The van der Waals surface area contributed by atoms with Crippen LogP contribution in [0.15, 0.2) is 12.5 Å². The lowest BCUT2D eigenvalue weighted by molar-refractivity contribution is -0.437. The van der Waals surface area contributed by atoms with Crippen LogP contribution in [0.5, 0.6) is 0 Å². The van der Waals surface area contributed by atoms with Crippen molar-refractivity contribution < 1.29 is 34.1 Å². The van der Waals surface area contributed by atoms with E-state index in [1.807, 2.05) is 0 Å². The van der Waals surface area contributed by atoms with Crippen LogP contribution >= 0.6 is 17.1 Å². The van der Waals surface area contributed by atoms with E-state index in [0.29, 0.717) is 18.7 Å². The van der Waals surface area contributed by atoms with Crippen LogP contribution in [0.2, 0.25) is 0 Å². The molecular formula is C7H14N3O7P2+. The van der Waals surface area contributed by atoms with E-state index >= 15 is 0 Å². The van der Waals surface area contributed by atoms with Crippen molar-refractivity contribution in [2.75, 3.05) is 6.54 Å². The maximum absolute atomic E-state index is 10.6. The molecule has 0 aliphatic rings. The molecule has 5 N–H and O–H groups in total. The van der Waals surface area contributed by atoms with Crippen molar-refractivity contribution in [1.29, 1.82) is 0 Å². The average Bonchev–Trinajstić information content (AvgIpc) is 2.73. The summed E-state index contributed by atoms with van der Waals surface area (Å²) < 4.78 is 20.7. The number of aliphatic hydroxyl groups is 1. The van der Waals surface area contributed by atoms with Crippen LogP contribution in [0.3, 0.4) is 0 Å². The molecule has 1 aromatic rings. The summed E-state index contributed by atoms with van der Waals surface area (Å²) in [6.45, 7) is 0.178. The number of nitrogens with zero attached hydrogens (tertiary/aromatic N) is 2. The minimum absolute atomic E-state index is 0.242. The van der Waals surface area contributed by atoms with Crippen molar-refractivity contribution >= 4 is 17.1 Å². The molecule has 0 aliphatic heterocycles. The summed E-state index contributed by atoms with van der Waals surface area (Å²) in [5.41, 5.74) is 3.93. The normalized spacial score (nSPS) is 15.9. The van der Waals surface area contributed by atoms with E-state index in [0.717, 1.165) is 0 Å². The Morgan fingerprint density at radius 2 is 2.37 bits per heavy atom. The first-order valence-corrected chi connectivity index (χ1v) is 7.05. The van der Waals surface area contributed by atoms with Gasteiger partial charge in [0, 0.05) is 17.2 Å². The average molecular weight is 314 g/mol. The van der Waals surface area contributed by atoms with Crippen LogP contribution in [-0.4, -0.2) is 36.9 Å². The highest BCUT2D eigenvalue weighted by atomic mass is 31.1. The van der Waals surface area contributed by atoms with Crippen molar-refractivity contribution in [2.45, 2.75) is 18.5 Å². The molecule has 108 valence electrons. The van der Waals surface area contributed by atoms with Gasteiger partial charge in [-0.15, -0.1) is 4.89 Å². The molecule has 0 radical (unpaired) electrons. The Labute approximate surface area is 110 Å². The fourth-order valence-electron chi connectivity index (χ4n) is 1.31. The molecule has 0 saturated carbocycles. The number of imidazole rings is 1. The van der Waals surface area contributed by atoms with Gasteiger partial charge in [0.05, 0.1) is 18.6 Å². The predicted molar refractivity (Wildman–Crippen MR) is 64.0 cm³/mol. The number of rotatable bonds is 9. The molecule has 10 nitrogen and oxygen atoms in total. The molecule has 1 rings (SSSR count). The molecule has 12 heteroatoms. The lowest BCUT2D eigenvalue weighted by atomic mass is 10.3. The molecule has 1 aromatic heterocycles. The molecule has 0 spiro atoms. The molecule has 0 aliphatic carbocycles. The van der Waals surface area contributed by atoms with E-state index in [1.165, 1.54) is 10.9 Å². The zero-order valence-corrected chi connectivity index (χ0v) is 11.6. The quantitative estimate of drug-likeness (QED) is 0.209. The Hall–Kier alpha value is -0.540. The van der Waals surface area contributed by atoms with Crippen LogP contribution in [0, 0.1) is 0 Å². The van der Waals surface area contributed by atoms with E-state index in [1.54, 1.807) is 6.20 Å². The second kappa shape index (κ2) is 7.91. The lowest BCUT2D eigenvalue weighted by Crippen LogP contribution is -2.30. The van der Waals surface area contributed by atoms with E-state index in [-0.39, 0.29) is 6.54 Å². The predicted octanol–water partition coefficient (Wildman–Crippen LogP) is -0.289. The van der Waals surface area contributed by atoms with Crippen molar-refractivity contribution in [2.24, 2.45) is 5.73 Å². The highest BCUT2D eigenvalue weighted by molar-refractivity contribution is 7.36. The molecule has 0 aromatic carbocycles. The maximum atomic E-state index is 10.6. The third-order valence-corrected chi connectivity index (χ3v) is 3.32. The van der Waals surface area contributed by atoms with Crippen molar-refractivity contribution in [3.63, 3.8) is 0 Å². The molecule has 0 saturated heterocycles. The molecule has 19 heavy (non-hydrogen) atoms. The Bertz CT molecular complexity index is 417. The third kappa shape index (κ3) is 5.96. The Kier molecular flexibility index (Phi) is 6.87. The first kappa shape index (κ1) is 16.5. The highest BCUT2D eigenvalue weighted by Crippen LogP contribution is 2.39. The SMILES string of the molecule is NCCc1cn(CC(O)(O[P+](=O)O)POOO)cn1. The van der Waals surface area contributed by atoms with Gasteiger partial charge in [0.2, 0.25) is 0 Å². The molecule has 0 amide bonds. The Morgan fingerprint density at radius 3 is 2.95 bits per heavy atom. The van der Waals surface area contributed by atoms with Crippen LogP contribution < -0.4 is 5.73 Å². The number of hydrogen-bond acceptors (Lipinski definition) is 8. The van der Waals surface area contributed by atoms with Crippen molar-refractivity contribution in [1.82, 2.24) is 9.55 Å². The van der Waals surface area contributed by atoms with Gasteiger partial charge in [-0.3, -0.25) is 0 Å². The fraction of sp³-hybridized carbons (Fsp3) is 0.571. The zero-order valence-electron chi connectivity index (χ0n) is 9.67. The molecule has 0 bridgehead atoms. The van der Waals surface area contributed by atoms with Crippen LogP contribution in [0.25, 0.3) is 0 Å². The molecular weight excluding hydrogens is 300 g/mol. The fourth-order valence-corrected chi connectivity index (χ4v) is 2.42. The summed E-state index contributed by atoms with van der Waals surface area (Å²) in [7, 11) is -4.02. The first-order valence-electron chi connectivity index (χ1n) is 5.01. The van der Waals surface area contributed by atoms with Crippen LogP contribution in [-0.2, 0) is 31.8 Å². The van der Waals surface area contributed by atoms with Crippen molar-refractivity contribution in [3.8, 4) is 0 Å².